The monoisotopic (exact) mass is 883 g/mol. The standard InChI is InChI=1S/C46H78N2O14/c1-27(2)21-38(51)61-37-26-55-41(25-46(37,7)54)62-44-31(6)58-45(43(53)42(44)48(10)11)60-36-23-33(50)24-39(52)56-29(4)15-13-12-14-16-35(28(3)22-32(36)19-20-49)59-40-18-17-34(47(8)9)30(5)57-40/h12-14,16,20,27-37,40-45,50,53-54H,15,17-19,21-26H2,1-11H3/b13-12-,16-14+/t28-,29-,30-,31-,32+,33+,34+,35-,36?,37-,40+,41-,42-,43-,44-,45+,46+/m1/s1. The van der Waals surface area contributed by atoms with Gasteiger partial charge in [-0.2, -0.15) is 0 Å². The molecule has 0 aromatic rings. The number of hydrogen-bond donors (Lipinski definition) is 3. The van der Waals surface area contributed by atoms with Crippen LogP contribution in [0.15, 0.2) is 24.3 Å². The molecule has 0 saturated carbocycles. The smallest absolute Gasteiger partial charge is 0.308 e. The summed E-state index contributed by atoms with van der Waals surface area (Å²) in [7, 11) is 7.68. The van der Waals surface area contributed by atoms with E-state index in [2.05, 4.69) is 11.8 Å². The van der Waals surface area contributed by atoms with Gasteiger partial charge in [0, 0.05) is 38.1 Å². The molecule has 3 fully saturated rings. The van der Waals surface area contributed by atoms with Gasteiger partial charge in [-0.1, -0.05) is 45.1 Å². The van der Waals surface area contributed by atoms with Gasteiger partial charge in [-0.05, 0) is 92.9 Å². The Morgan fingerprint density at radius 1 is 0.968 bits per heavy atom. The fourth-order valence-corrected chi connectivity index (χ4v) is 9.09. The molecule has 16 nitrogen and oxygen atoms in total. The first-order valence-corrected chi connectivity index (χ1v) is 22.6. The number of carbonyl (C=O) groups excluding carboxylic acids is 3. The van der Waals surface area contributed by atoms with Crippen molar-refractivity contribution in [2.24, 2.45) is 17.8 Å². The van der Waals surface area contributed by atoms with Crippen molar-refractivity contribution < 1.29 is 67.6 Å². The summed E-state index contributed by atoms with van der Waals surface area (Å²) in [5, 5.41) is 34.7. The van der Waals surface area contributed by atoms with Crippen molar-refractivity contribution in [2.45, 2.75) is 198 Å². The molecule has 0 spiro atoms. The lowest BCUT2D eigenvalue weighted by Crippen LogP contribution is -2.65. The van der Waals surface area contributed by atoms with Gasteiger partial charge in [0.1, 0.15) is 30.2 Å². The van der Waals surface area contributed by atoms with Crippen LogP contribution in [0, 0.1) is 17.8 Å². The second-order valence-electron chi connectivity index (χ2n) is 19.1. The predicted molar refractivity (Wildman–Crippen MR) is 229 cm³/mol. The third-order valence-electron chi connectivity index (χ3n) is 12.5. The van der Waals surface area contributed by atoms with Gasteiger partial charge in [0.05, 0.1) is 49.6 Å². The predicted octanol–water partition coefficient (Wildman–Crippen LogP) is 3.91. The van der Waals surface area contributed by atoms with Crippen molar-refractivity contribution in [3.63, 3.8) is 0 Å². The highest BCUT2D eigenvalue weighted by Gasteiger charge is 2.50. The Morgan fingerprint density at radius 2 is 1.69 bits per heavy atom. The van der Waals surface area contributed by atoms with Crippen molar-refractivity contribution in [2.75, 3.05) is 34.8 Å². The number of likely N-dealkylation sites (N-methyl/N-ethyl adjacent to an activating group) is 2. The summed E-state index contributed by atoms with van der Waals surface area (Å²) >= 11 is 0. The average Bonchev–Trinajstić information content (AvgIpc) is 3.15. The molecule has 0 aliphatic carbocycles. The van der Waals surface area contributed by atoms with E-state index in [1.807, 2.05) is 59.2 Å². The van der Waals surface area contributed by atoms with Crippen molar-refractivity contribution in [3.8, 4) is 0 Å². The van der Waals surface area contributed by atoms with E-state index in [1.54, 1.807) is 39.8 Å². The van der Waals surface area contributed by atoms with Gasteiger partial charge < -0.3 is 67.8 Å². The van der Waals surface area contributed by atoms with E-state index in [0.717, 1.165) is 12.7 Å². The van der Waals surface area contributed by atoms with Crippen LogP contribution < -0.4 is 0 Å². The van der Waals surface area contributed by atoms with Crippen molar-refractivity contribution in [3.05, 3.63) is 24.3 Å². The first kappa shape index (κ1) is 52.3. The molecule has 0 aromatic carbocycles. The third kappa shape index (κ3) is 15.4. The maximum atomic E-state index is 12.9. The highest BCUT2D eigenvalue weighted by Crippen LogP contribution is 2.36. The molecule has 3 saturated heterocycles. The lowest BCUT2D eigenvalue weighted by atomic mass is 9.83. The van der Waals surface area contributed by atoms with E-state index in [4.69, 9.17) is 37.9 Å². The zero-order valence-corrected chi connectivity index (χ0v) is 39.0. The number of aliphatic hydroxyl groups excluding tert-OH is 2. The molecule has 4 rings (SSSR count). The van der Waals surface area contributed by atoms with Crippen LogP contribution in [0.2, 0.25) is 0 Å². The van der Waals surface area contributed by atoms with E-state index in [0.29, 0.717) is 19.3 Å². The Morgan fingerprint density at radius 3 is 2.32 bits per heavy atom. The fourth-order valence-electron chi connectivity index (χ4n) is 9.09. The van der Waals surface area contributed by atoms with Crippen LogP contribution in [0.4, 0.5) is 0 Å². The molecule has 1 unspecified atom stereocenters. The molecule has 4 aliphatic heterocycles. The number of aliphatic hydroxyl groups is 3. The van der Waals surface area contributed by atoms with E-state index < -0.39 is 97.2 Å². The number of nitrogens with zero attached hydrogens (tertiary/aromatic N) is 2. The summed E-state index contributed by atoms with van der Waals surface area (Å²) in [6.07, 6.45) is 1.87. The Labute approximate surface area is 369 Å². The van der Waals surface area contributed by atoms with Gasteiger partial charge in [-0.25, -0.2) is 0 Å². The lowest BCUT2D eigenvalue weighted by Gasteiger charge is -2.49. The van der Waals surface area contributed by atoms with Crippen LogP contribution in [0.3, 0.4) is 0 Å². The average molecular weight is 883 g/mol. The van der Waals surface area contributed by atoms with E-state index in [9.17, 15) is 29.7 Å². The molecule has 0 aromatic heterocycles. The molecule has 16 heteroatoms. The van der Waals surface area contributed by atoms with Crippen molar-refractivity contribution in [1.82, 2.24) is 9.80 Å². The van der Waals surface area contributed by atoms with Gasteiger partial charge in [0.15, 0.2) is 25.0 Å². The largest absolute Gasteiger partial charge is 0.462 e. The maximum absolute atomic E-state index is 12.9. The van der Waals surface area contributed by atoms with Crippen molar-refractivity contribution in [1.29, 1.82) is 0 Å². The van der Waals surface area contributed by atoms with Crippen LogP contribution in [0.1, 0.15) is 106 Å². The molecular formula is C46H78N2O14. The molecule has 0 bridgehead atoms. The number of ether oxygens (including phenoxy) is 8. The normalized spacial score (nSPS) is 41.7. The Kier molecular flexibility index (Phi) is 20.4. The number of cyclic esters (lactones) is 1. The van der Waals surface area contributed by atoms with E-state index >= 15 is 0 Å². The zero-order chi connectivity index (χ0) is 45.9. The minimum atomic E-state index is -1.44. The summed E-state index contributed by atoms with van der Waals surface area (Å²) in [6.45, 7) is 13.0. The maximum Gasteiger partial charge on any atom is 0.308 e. The summed E-state index contributed by atoms with van der Waals surface area (Å²) in [4.78, 5) is 41.7. The Bertz CT molecular complexity index is 1460. The van der Waals surface area contributed by atoms with Gasteiger partial charge in [0.2, 0.25) is 0 Å². The Hall–Kier alpha value is -2.35. The molecular weight excluding hydrogens is 805 g/mol. The fraction of sp³-hybridized carbons (Fsp3) is 0.848. The number of allylic oxidation sites excluding steroid dienone is 2. The van der Waals surface area contributed by atoms with Gasteiger partial charge in [0.25, 0.3) is 0 Å². The second kappa shape index (κ2) is 24.3. The van der Waals surface area contributed by atoms with E-state index in [-0.39, 0.29) is 62.7 Å². The highest BCUT2D eigenvalue weighted by molar-refractivity contribution is 5.70. The van der Waals surface area contributed by atoms with Crippen LogP contribution in [0.5, 0.6) is 0 Å². The zero-order valence-electron chi connectivity index (χ0n) is 39.0. The molecule has 356 valence electrons. The van der Waals surface area contributed by atoms with Gasteiger partial charge >= 0.3 is 11.9 Å². The molecule has 4 heterocycles. The van der Waals surface area contributed by atoms with Crippen LogP contribution in [-0.4, -0.2) is 170 Å². The summed E-state index contributed by atoms with van der Waals surface area (Å²) in [5.74, 6) is -1.54. The molecule has 17 atom stereocenters. The number of esters is 2. The summed E-state index contributed by atoms with van der Waals surface area (Å²) < 4.78 is 49.7. The molecule has 62 heavy (non-hydrogen) atoms. The minimum absolute atomic E-state index is 0.00254. The first-order valence-electron chi connectivity index (χ1n) is 22.6. The van der Waals surface area contributed by atoms with Crippen LogP contribution in [-0.2, 0) is 52.3 Å². The third-order valence-corrected chi connectivity index (χ3v) is 12.5. The highest BCUT2D eigenvalue weighted by atomic mass is 16.7. The summed E-state index contributed by atoms with van der Waals surface area (Å²) in [6, 6.07) is -0.429. The first-order chi connectivity index (χ1) is 29.2. The molecule has 3 N–H and O–H groups in total. The second-order valence-corrected chi connectivity index (χ2v) is 19.1. The Balaban J connectivity index is 1.56. The number of aldehydes is 1. The van der Waals surface area contributed by atoms with E-state index in [1.165, 1.54) is 0 Å². The molecule has 0 radical (unpaired) electrons. The molecule has 4 aliphatic rings. The topological polar surface area (TPSA) is 192 Å². The van der Waals surface area contributed by atoms with Gasteiger partial charge in [-0.3, -0.25) is 9.59 Å². The quantitative estimate of drug-likeness (QED) is 0.178. The van der Waals surface area contributed by atoms with Crippen LogP contribution in [0.25, 0.3) is 0 Å². The SMILES string of the molecule is CC(C)CC(=O)O[C@@H]1CO[C@H](O[C@H]2[C@H](N(C)C)[C@@H](O)[C@H](OC3C[C@H](O)CC(=O)O[C@H](C)C/C=C\C=C\[C@@H](O[C@H]4CC[C@H](N(C)C)[C@@H](C)O4)[C@H](C)C[C@@H]3CC=O)O[C@@H]2C)C[C@]1(C)O. The van der Waals surface area contributed by atoms with Gasteiger partial charge in [-0.15, -0.1) is 0 Å². The minimum Gasteiger partial charge on any atom is -0.462 e. The lowest BCUT2D eigenvalue weighted by molar-refractivity contribution is -0.333. The molecule has 0 amide bonds. The summed E-state index contributed by atoms with van der Waals surface area (Å²) in [5.41, 5.74) is -1.44. The number of carbonyl (C=O) groups is 3. The number of rotatable bonds is 13. The van der Waals surface area contributed by atoms with Crippen molar-refractivity contribution >= 4 is 18.2 Å². The number of hydrogen-bond acceptors (Lipinski definition) is 16. The van der Waals surface area contributed by atoms with Crippen LogP contribution >= 0.6 is 0 Å².